The lowest BCUT2D eigenvalue weighted by Crippen LogP contribution is -2.48. The van der Waals surface area contributed by atoms with Crippen LogP contribution < -0.4 is 24.3 Å². The summed E-state index contributed by atoms with van der Waals surface area (Å²) < 4.78 is 21.6. The molecule has 1 N–H and O–H groups in total. The number of nitrogens with one attached hydrogen (secondary N) is 1. The maximum atomic E-state index is 12.6. The number of carbonyl (C=O) groups excluding carboxylic acids is 1. The molecule has 0 unspecified atom stereocenters. The average molecular weight is 497 g/mol. The van der Waals surface area contributed by atoms with Gasteiger partial charge in [0.2, 0.25) is 12.7 Å². The van der Waals surface area contributed by atoms with Gasteiger partial charge in [0, 0.05) is 49.7 Å². The topological polar surface area (TPSA) is 85.4 Å². The molecule has 0 spiro atoms. The van der Waals surface area contributed by atoms with Gasteiger partial charge in [-0.3, -0.25) is 14.6 Å². The minimum absolute atomic E-state index is 0.0585. The summed E-state index contributed by atoms with van der Waals surface area (Å²) >= 11 is 1.40. The summed E-state index contributed by atoms with van der Waals surface area (Å²) in [4.78, 5) is 21.8. The lowest BCUT2D eigenvalue weighted by Gasteiger charge is -2.34. The maximum Gasteiger partial charge on any atom is 0.240 e. The van der Waals surface area contributed by atoms with Crippen molar-refractivity contribution in [3.05, 3.63) is 47.3 Å². The van der Waals surface area contributed by atoms with Gasteiger partial charge in [0.25, 0.3) is 0 Å². The van der Waals surface area contributed by atoms with E-state index in [-0.39, 0.29) is 12.7 Å². The lowest BCUT2D eigenvalue weighted by atomic mass is 10.1. The average Bonchev–Trinajstić information content (AvgIpc) is 3.54. The number of amides is 1. The van der Waals surface area contributed by atoms with Crippen LogP contribution in [-0.4, -0.2) is 74.4 Å². The Morgan fingerprint density at radius 2 is 1.83 bits per heavy atom. The van der Waals surface area contributed by atoms with E-state index in [9.17, 15) is 4.79 Å². The number of benzene rings is 2. The van der Waals surface area contributed by atoms with Crippen molar-refractivity contribution >= 4 is 22.4 Å². The summed E-state index contributed by atoms with van der Waals surface area (Å²) in [5, 5.41) is 5.42. The number of anilines is 1. The first kappa shape index (κ1) is 23.4. The van der Waals surface area contributed by atoms with Gasteiger partial charge in [0.05, 0.1) is 26.5 Å². The molecule has 1 saturated heterocycles. The largest absolute Gasteiger partial charge is 0.497 e. The zero-order valence-electron chi connectivity index (χ0n) is 19.8. The molecule has 0 radical (unpaired) electrons. The van der Waals surface area contributed by atoms with Crippen molar-refractivity contribution in [1.82, 2.24) is 14.8 Å². The third-order valence-corrected chi connectivity index (χ3v) is 6.87. The first-order valence-corrected chi connectivity index (χ1v) is 12.3. The van der Waals surface area contributed by atoms with Gasteiger partial charge in [-0.05, 0) is 29.8 Å². The van der Waals surface area contributed by atoms with Crippen LogP contribution in [0.2, 0.25) is 0 Å². The molecule has 3 aromatic rings. The summed E-state index contributed by atoms with van der Waals surface area (Å²) in [7, 11) is 3.23. The highest BCUT2D eigenvalue weighted by Crippen LogP contribution is 2.35. The Bertz CT molecular complexity index is 1190. The Morgan fingerprint density at radius 1 is 1.03 bits per heavy atom. The Labute approximate surface area is 208 Å². The smallest absolute Gasteiger partial charge is 0.240 e. The van der Waals surface area contributed by atoms with E-state index in [2.05, 4.69) is 26.2 Å². The third-order valence-electron chi connectivity index (χ3n) is 6.11. The van der Waals surface area contributed by atoms with E-state index >= 15 is 0 Å². The van der Waals surface area contributed by atoms with Gasteiger partial charge in [-0.1, -0.05) is 6.07 Å². The molecular weight excluding hydrogens is 468 g/mol. The van der Waals surface area contributed by atoms with E-state index in [1.54, 1.807) is 14.2 Å². The van der Waals surface area contributed by atoms with Crippen molar-refractivity contribution in [3.8, 4) is 34.3 Å². The Hall–Kier alpha value is -3.34. The van der Waals surface area contributed by atoms with Crippen LogP contribution in [0.3, 0.4) is 0 Å². The van der Waals surface area contributed by atoms with Crippen LogP contribution >= 0.6 is 11.3 Å². The maximum absolute atomic E-state index is 12.6. The number of rotatable bonds is 8. The van der Waals surface area contributed by atoms with Gasteiger partial charge in [-0.15, -0.1) is 11.3 Å². The summed E-state index contributed by atoms with van der Waals surface area (Å²) in [6.45, 7) is 4.97. The molecule has 2 aromatic carbocycles. The Kier molecular flexibility index (Phi) is 7.03. The molecule has 2 aliphatic heterocycles. The standard InChI is InChI=1S/C25H28N4O5S/c1-31-18-4-5-19(22(12-18)32-2)20-15-35-25(26-20)27-24(30)14-29-9-7-28(8-10-29)13-17-3-6-21-23(11-17)34-16-33-21/h3-6,11-12,15H,7-10,13-14,16H2,1-2H3,(H,26,27,30). The van der Waals surface area contributed by atoms with Gasteiger partial charge < -0.3 is 24.3 Å². The molecule has 0 atom stereocenters. The molecule has 10 heteroatoms. The molecule has 1 amide bonds. The second-order valence-corrected chi connectivity index (χ2v) is 9.25. The van der Waals surface area contributed by atoms with Crippen LogP contribution in [0.5, 0.6) is 23.0 Å². The molecule has 2 aliphatic rings. The second kappa shape index (κ2) is 10.5. The molecule has 0 aliphatic carbocycles. The van der Waals surface area contributed by atoms with Gasteiger partial charge in [-0.25, -0.2) is 4.98 Å². The predicted molar refractivity (Wildman–Crippen MR) is 134 cm³/mol. The van der Waals surface area contributed by atoms with Crippen molar-refractivity contribution in [2.45, 2.75) is 6.54 Å². The van der Waals surface area contributed by atoms with Crippen molar-refractivity contribution in [3.63, 3.8) is 0 Å². The molecule has 1 aromatic heterocycles. The third kappa shape index (κ3) is 5.50. The van der Waals surface area contributed by atoms with Crippen LogP contribution in [-0.2, 0) is 11.3 Å². The number of fused-ring (bicyclic) bond motifs is 1. The molecular formula is C25H28N4O5S. The fourth-order valence-electron chi connectivity index (χ4n) is 4.23. The Morgan fingerprint density at radius 3 is 2.63 bits per heavy atom. The van der Waals surface area contributed by atoms with E-state index in [1.807, 2.05) is 35.7 Å². The van der Waals surface area contributed by atoms with Crippen LogP contribution in [0.1, 0.15) is 5.56 Å². The highest BCUT2D eigenvalue weighted by molar-refractivity contribution is 7.14. The number of hydrogen-bond donors (Lipinski definition) is 1. The minimum atomic E-state index is -0.0585. The van der Waals surface area contributed by atoms with Crippen LogP contribution in [0.4, 0.5) is 5.13 Å². The molecule has 3 heterocycles. The zero-order valence-corrected chi connectivity index (χ0v) is 20.6. The molecule has 0 saturated carbocycles. The summed E-state index contributed by atoms with van der Waals surface area (Å²) in [6, 6.07) is 11.7. The highest BCUT2D eigenvalue weighted by atomic mass is 32.1. The first-order chi connectivity index (χ1) is 17.1. The SMILES string of the molecule is COc1ccc(-c2csc(NC(=O)CN3CCN(Cc4ccc5c(c4)OCO5)CC3)n2)c(OC)c1. The summed E-state index contributed by atoms with van der Waals surface area (Å²) in [5.41, 5.74) is 2.80. The number of hydrogen-bond acceptors (Lipinski definition) is 9. The van der Waals surface area contributed by atoms with Crippen molar-refractivity contribution in [1.29, 1.82) is 0 Å². The minimum Gasteiger partial charge on any atom is -0.497 e. The van der Waals surface area contributed by atoms with Gasteiger partial charge in [-0.2, -0.15) is 0 Å². The summed E-state index contributed by atoms with van der Waals surface area (Å²) in [6.07, 6.45) is 0. The quantitative estimate of drug-likeness (QED) is 0.509. The monoisotopic (exact) mass is 496 g/mol. The van der Waals surface area contributed by atoms with E-state index in [0.29, 0.717) is 23.2 Å². The van der Waals surface area contributed by atoms with E-state index in [0.717, 1.165) is 55.5 Å². The van der Waals surface area contributed by atoms with Gasteiger partial charge >= 0.3 is 0 Å². The van der Waals surface area contributed by atoms with E-state index in [4.69, 9.17) is 18.9 Å². The summed E-state index contributed by atoms with van der Waals surface area (Å²) in [5.74, 6) is 2.95. The van der Waals surface area contributed by atoms with Gasteiger partial charge in [0.15, 0.2) is 16.6 Å². The number of methoxy groups -OCH3 is 2. The van der Waals surface area contributed by atoms with Crippen molar-refractivity contribution < 1.29 is 23.7 Å². The van der Waals surface area contributed by atoms with Crippen molar-refractivity contribution in [2.75, 3.05) is 59.1 Å². The highest BCUT2D eigenvalue weighted by Gasteiger charge is 2.21. The zero-order chi connectivity index (χ0) is 24.2. The molecule has 1 fully saturated rings. The lowest BCUT2D eigenvalue weighted by molar-refractivity contribution is -0.117. The number of carbonyl (C=O) groups is 1. The fraction of sp³-hybridized carbons (Fsp3) is 0.360. The number of aromatic nitrogens is 1. The van der Waals surface area contributed by atoms with E-state index < -0.39 is 0 Å². The van der Waals surface area contributed by atoms with Gasteiger partial charge in [0.1, 0.15) is 11.5 Å². The second-order valence-electron chi connectivity index (χ2n) is 8.39. The molecule has 5 rings (SSSR count). The van der Waals surface area contributed by atoms with E-state index in [1.165, 1.54) is 16.9 Å². The number of nitrogens with zero attached hydrogens (tertiary/aromatic N) is 3. The Balaban J connectivity index is 1.11. The normalized spacial score (nSPS) is 15.7. The predicted octanol–water partition coefficient (Wildman–Crippen LogP) is 3.31. The fourth-order valence-corrected chi connectivity index (χ4v) is 4.96. The number of thiazole rings is 1. The molecule has 9 nitrogen and oxygen atoms in total. The van der Waals surface area contributed by atoms with Crippen LogP contribution in [0, 0.1) is 0 Å². The first-order valence-electron chi connectivity index (χ1n) is 11.4. The van der Waals surface area contributed by atoms with Crippen LogP contribution in [0.15, 0.2) is 41.8 Å². The van der Waals surface area contributed by atoms with Crippen molar-refractivity contribution in [2.24, 2.45) is 0 Å². The molecule has 0 bridgehead atoms. The van der Waals surface area contributed by atoms with Crippen LogP contribution in [0.25, 0.3) is 11.3 Å². The number of ether oxygens (including phenoxy) is 4. The molecule has 184 valence electrons. The number of piperazine rings is 1. The molecule has 35 heavy (non-hydrogen) atoms.